The van der Waals surface area contributed by atoms with Gasteiger partial charge in [-0.1, -0.05) is 0 Å². The van der Waals surface area contributed by atoms with Crippen LogP contribution in [-0.2, 0) is 0 Å². The molecule has 1 rings (SSSR count). The topological polar surface area (TPSA) is 129 Å². The lowest BCUT2D eigenvalue weighted by Gasteiger charge is -2.02. The third-order valence-corrected chi connectivity index (χ3v) is 0.962. The molecule has 1 heterocycles. The molecule has 0 spiro atoms. The molecule has 7 heteroatoms. The largest absolute Gasteiger partial charge is 0.380 e. The SMILES string of the molecule is NNc1c(N)nnnc1N. The van der Waals surface area contributed by atoms with Crippen LogP contribution in [0.15, 0.2) is 0 Å². The van der Waals surface area contributed by atoms with Crippen molar-refractivity contribution in [2.45, 2.75) is 0 Å². The quantitative estimate of drug-likeness (QED) is 0.271. The maximum atomic E-state index is 5.30. The number of nitrogens with zero attached hydrogens (tertiary/aromatic N) is 3. The molecule has 10 heavy (non-hydrogen) atoms. The van der Waals surface area contributed by atoms with E-state index in [2.05, 4.69) is 20.8 Å². The highest BCUT2D eigenvalue weighted by Crippen LogP contribution is 2.17. The third kappa shape index (κ3) is 0.890. The summed E-state index contributed by atoms with van der Waals surface area (Å²) in [5.41, 5.74) is 13.1. The average molecular weight is 141 g/mol. The molecule has 1 aromatic rings. The molecule has 7 N–H and O–H groups in total. The predicted octanol–water partition coefficient (Wildman–Crippen LogP) is -1.68. The van der Waals surface area contributed by atoms with Gasteiger partial charge in [0.15, 0.2) is 11.6 Å². The van der Waals surface area contributed by atoms with E-state index in [1.165, 1.54) is 0 Å². The van der Waals surface area contributed by atoms with E-state index in [-0.39, 0.29) is 11.6 Å². The van der Waals surface area contributed by atoms with Crippen molar-refractivity contribution < 1.29 is 0 Å². The average Bonchev–Trinajstić information content (AvgIpc) is 1.88. The Morgan fingerprint density at radius 3 is 1.90 bits per heavy atom. The van der Waals surface area contributed by atoms with Gasteiger partial charge in [0, 0.05) is 0 Å². The Morgan fingerprint density at radius 2 is 1.60 bits per heavy atom. The summed E-state index contributed by atoms with van der Waals surface area (Å²) in [7, 11) is 0. The number of rotatable bonds is 1. The zero-order chi connectivity index (χ0) is 7.56. The van der Waals surface area contributed by atoms with Gasteiger partial charge in [-0.15, -0.1) is 10.2 Å². The molecule has 0 bridgehead atoms. The fourth-order valence-electron chi connectivity index (χ4n) is 0.498. The minimum atomic E-state index is 0.134. The summed E-state index contributed by atoms with van der Waals surface area (Å²) < 4.78 is 0. The lowest BCUT2D eigenvalue weighted by atomic mass is 10.5. The normalized spacial score (nSPS) is 9.30. The van der Waals surface area contributed by atoms with Gasteiger partial charge < -0.3 is 16.9 Å². The Balaban J connectivity index is 3.17. The van der Waals surface area contributed by atoms with E-state index in [1.807, 2.05) is 0 Å². The van der Waals surface area contributed by atoms with Gasteiger partial charge in [-0.05, 0) is 5.21 Å². The van der Waals surface area contributed by atoms with Crippen molar-refractivity contribution in [3.63, 3.8) is 0 Å². The van der Waals surface area contributed by atoms with Crippen LogP contribution in [0.25, 0.3) is 0 Å². The van der Waals surface area contributed by atoms with Gasteiger partial charge in [0.1, 0.15) is 5.69 Å². The predicted molar refractivity (Wildman–Crippen MR) is 36.5 cm³/mol. The zero-order valence-electron chi connectivity index (χ0n) is 5.07. The molecule has 7 nitrogen and oxygen atoms in total. The van der Waals surface area contributed by atoms with E-state index in [0.717, 1.165) is 0 Å². The lowest BCUT2D eigenvalue weighted by Crippen LogP contribution is -2.14. The summed E-state index contributed by atoms with van der Waals surface area (Å²) in [4.78, 5) is 0. The van der Waals surface area contributed by atoms with Crippen molar-refractivity contribution >= 4 is 17.3 Å². The second-order valence-electron chi connectivity index (χ2n) is 1.58. The maximum Gasteiger partial charge on any atom is 0.176 e. The zero-order valence-corrected chi connectivity index (χ0v) is 5.07. The van der Waals surface area contributed by atoms with Gasteiger partial charge >= 0.3 is 0 Å². The second kappa shape index (κ2) is 2.31. The summed E-state index contributed by atoms with van der Waals surface area (Å²) in [5, 5.41) is 10.1. The highest BCUT2D eigenvalue weighted by molar-refractivity contribution is 5.71. The first-order valence-corrected chi connectivity index (χ1v) is 2.46. The molecule has 0 aliphatic heterocycles. The van der Waals surface area contributed by atoms with Gasteiger partial charge in [-0.3, -0.25) is 5.84 Å². The van der Waals surface area contributed by atoms with Crippen molar-refractivity contribution in [1.29, 1.82) is 0 Å². The minimum absolute atomic E-state index is 0.134. The first-order valence-electron chi connectivity index (χ1n) is 2.46. The van der Waals surface area contributed by atoms with Gasteiger partial charge in [0.25, 0.3) is 0 Å². The minimum Gasteiger partial charge on any atom is -0.380 e. The third-order valence-electron chi connectivity index (χ3n) is 0.962. The number of nitrogens with two attached hydrogens (primary N) is 3. The Bertz CT molecular complexity index is 212. The Hall–Kier alpha value is -1.63. The molecule has 0 atom stereocenters. The molecule has 0 saturated heterocycles. The summed E-state index contributed by atoms with van der Waals surface area (Å²) in [5.74, 6) is 5.30. The summed E-state index contributed by atoms with van der Waals surface area (Å²) in [6, 6.07) is 0. The first kappa shape index (κ1) is 6.49. The van der Waals surface area contributed by atoms with Crippen molar-refractivity contribution in [3.05, 3.63) is 0 Å². The van der Waals surface area contributed by atoms with Crippen LogP contribution in [0, 0.1) is 0 Å². The molecule has 0 radical (unpaired) electrons. The summed E-state index contributed by atoms with van der Waals surface area (Å²) >= 11 is 0. The van der Waals surface area contributed by atoms with E-state index in [1.54, 1.807) is 0 Å². The molecule has 1 aromatic heterocycles. The van der Waals surface area contributed by atoms with Crippen LogP contribution >= 0.6 is 0 Å². The van der Waals surface area contributed by atoms with E-state index >= 15 is 0 Å². The fraction of sp³-hybridized carbons (Fsp3) is 0. The molecular weight excluding hydrogens is 134 g/mol. The smallest absolute Gasteiger partial charge is 0.176 e. The van der Waals surface area contributed by atoms with E-state index in [9.17, 15) is 0 Å². The molecule has 0 unspecified atom stereocenters. The van der Waals surface area contributed by atoms with Crippen LogP contribution in [0.5, 0.6) is 0 Å². The number of hydrogen-bond donors (Lipinski definition) is 4. The van der Waals surface area contributed by atoms with Crippen LogP contribution in [0.2, 0.25) is 0 Å². The van der Waals surface area contributed by atoms with Gasteiger partial charge in [-0.25, -0.2) is 0 Å². The van der Waals surface area contributed by atoms with Crippen LogP contribution in [0.4, 0.5) is 17.3 Å². The molecule has 0 aliphatic rings. The maximum absolute atomic E-state index is 5.30. The first-order chi connectivity index (χ1) is 4.75. The van der Waals surface area contributed by atoms with Crippen molar-refractivity contribution in [3.8, 4) is 0 Å². The molecule has 0 amide bonds. The Labute approximate surface area is 56.6 Å². The molecule has 0 aliphatic carbocycles. The van der Waals surface area contributed by atoms with E-state index < -0.39 is 0 Å². The number of hydrazine groups is 1. The fourth-order valence-corrected chi connectivity index (χ4v) is 0.498. The van der Waals surface area contributed by atoms with Crippen LogP contribution in [0.1, 0.15) is 0 Å². The van der Waals surface area contributed by atoms with Crippen molar-refractivity contribution in [2.24, 2.45) is 5.84 Å². The van der Waals surface area contributed by atoms with Crippen LogP contribution in [-0.4, -0.2) is 15.4 Å². The Morgan fingerprint density at radius 1 is 1.10 bits per heavy atom. The van der Waals surface area contributed by atoms with Crippen molar-refractivity contribution in [2.75, 3.05) is 16.9 Å². The van der Waals surface area contributed by atoms with Gasteiger partial charge in [-0.2, -0.15) is 0 Å². The number of anilines is 3. The number of hydrogen-bond acceptors (Lipinski definition) is 7. The van der Waals surface area contributed by atoms with E-state index in [4.69, 9.17) is 17.3 Å². The number of nitrogen functional groups attached to an aromatic ring is 3. The molecular formula is C3H7N7. The summed E-state index contributed by atoms with van der Waals surface area (Å²) in [6.45, 7) is 0. The molecule has 54 valence electrons. The summed E-state index contributed by atoms with van der Waals surface area (Å²) in [6.07, 6.45) is 0. The monoisotopic (exact) mass is 141 g/mol. The van der Waals surface area contributed by atoms with Gasteiger partial charge in [0.2, 0.25) is 0 Å². The van der Waals surface area contributed by atoms with Crippen LogP contribution in [0.3, 0.4) is 0 Å². The number of nitrogens with one attached hydrogen (secondary N) is 1. The van der Waals surface area contributed by atoms with Gasteiger partial charge in [0.05, 0.1) is 0 Å². The van der Waals surface area contributed by atoms with Crippen LogP contribution < -0.4 is 22.7 Å². The lowest BCUT2D eigenvalue weighted by molar-refractivity contribution is 0.881. The standard InChI is InChI=1S/C3H7N7/c4-2-1(7-6)3(5)9-10-8-2/h6H2,(H,7,10)(H4,4,5,8,9). The molecule has 0 aromatic carbocycles. The number of aromatic nitrogens is 3. The molecule has 0 saturated carbocycles. The Kier molecular flexibility index (Phi) is 1.50. The molecule has 0 fully saturated rings. The highest BCUT2D eigenvalue weighted by Gasteiger charge is 2.03. The van der Waals surface area contributed by atoms with E-state index in [0.29, 0.717) is 5.69 Å². The second-order valence-corrected chi connectivity index (χ2v) is 1.58. The van der Waals surface area contributed by atoms with Crippen molar-refractivity contribution in [1.82, 2.24) is 15.4 Å². The highest BCUT2D eigenvalue weighted by atomic mass is 15.4.